The van der Waals surface area contributed by atoms with Crippen molar-refractivity contribution in [1.29, 1.82) is 0 Å². The lowest BCUT2D eigenvalue weighted by molar-refractivity contribution is 0.0326. The standard InChI is InChI=1S/C16H23N3O/c1-17(14-6-4-3-5-7-14)16(20)18(2)15-12-19-10-8-13(15)9-11-19/h3-7,13,15H,8-12H2,1-2H3/t15-/m0/s1. The second-order valence-corrected chi connectivity index (χ2v) is 5.99. The second-order valence-electron chi connectivity index (χ2n) is 5.99. The Hall–Kier alpha value is -1.55. The molecule has 1 atom stereocenters. The highest BCUT2D eigenvalue weighted by Gasteiger charge is 2.38. The first-order valence-electron chi connectivity index (χ1n) is 7.45. The molecule has 4 nitrogen and oxygen atoms in total. The second kappa shape index (κ2) is 5.44. The van der Waals surface area contributed by atoms with Gasteiger partial charge in [0.25, 0.3) is 0 Å². The predicted molar refractivity (Wildman–Crippen MR) is 81.0 cm³/mol. The highest BCUT2D eigenvalue weighted by Crippen LogP contribution is 2.31. The number of piperidine rings is 3. The lowest BCUT2D eigenvalue weighted by Crippen LogP contribution is -2.59. The van der Waals surface area contributed by atoms with Gasteiger partial charge < -0.3 is 9.80 Å². The lowest BCUT2D eigenvalue weighted by Gasteiger charge is -2.48. The van der Waals surface area contributed by atoms with Gasteiger partial charge in [-0.05, 0) is 44.0 Å². The summed E-state index contributed by atoms with van der Waals surface area (Å²) < 4.78 is 0. The number of likely N-dealkylation sites (N-methyl/N-ethyl adjacent to an activating group) is 1. The molecule has 1 aromatic carbocycles. The number of fused-ring (bicyclic) bond motifs is 3. The van der Waals surface area contributed by atoms with Crippen LogP contribution >= 0.6 is 0 Å². The van der Waals surface area contributed by atoms with Crippen LogP contribution in [0.15, 0.2) is 30.3 Å². The van der Waals surface area contributed by atoms with Gasteiger partial charge in [0.2, 0.25) is 0 Å². The van der Waals surface area contributed by atoms with Crippen LogP contribution in [0.5, 0.6) is 0 Å². The summed E-state index contributed by atoms with van der Waals surface area (Å²) >= 11 is 0. The maximum Gasteiger partial charge on any atom is 0.324 e. The van der Waals surface area contributed by atoms with Crippen LogP contribution in [0.2, 0.25) is 0 Å². The Bertz CT molecular complexity index is 468. The maximum absolute atomic E-state index is 12.7. The van der Waals surface area contributed by atoms with Gasteiger partial charge in [-0.3, -0.25) is 4.90 Å². The number of anilines is 1. The van der Waals surface area contributed by atoms with E-state index in [0.717, 1.165) is 12.2 Å². The lowest BCUT2D eigenvalue weighted by atomic mass is 9.83. The number of benzene rings is 1. The van der Waals surface area contributed by atoms with Crippen LogP contribution in [0, 0.1) is 5.92 Å². The van der Waals surface area contributed by atoms with Crippen LogP contribution < -0.4 is 4.90 Å². The number of nitrogens with zero attached hydrogens (tertiary/aromatic N) is 3. The smallest absolute Gasteiger partial charge is 0.323 e. The predicted octanol–water partition coefficient (Wildman–Crippen LogP) is 2.27. The summed E-state index contributed by atoms with van der Waals surface area (Å²) in [5.74, 6) is 0.679. The average Bonchev–Trinajstić information content (AvgIpc) is 2.54. The maximum atomic E-state index is 12.7. The molecular weight excluding hydrogens is 250 g/mol. The number of carbonyl (C=O) groups excluding carboxylic acids is 1. The summed E-state index contributed by atoms with van der Waals surface area (Å²) in [5.41, 5.74) is 0.950. The largest absolute Gasteiger partial charge is 0.324 e. The van der Waals surface area contributed by atoms with E-state index in [9.17, 15) is 4.79 Å². The Balaban J connectivity index is 1.70. The van der Waals surface area contributed by atoms with Crippen molar-refractivity contribution in [3.8, 4) is 0 Å². The molecule has 3 heterocycles. The topological polar surface area (TPSA) is 26.8 Å². The number of para-hydroxylation sites is 1. The zero-order chi connectivity index (χ0) is 14.1. The molecule has 3 aliphatic rings. The molecule has 0 saturated carbocycles. The van der Waals surface area contributed by atoms with Gasteiger partial charge in [0.1, 0.15) is 0 Å². The van der Waals surface area contributed by atoms with Crippen LogP contribution in [-0.2, 0) is 0 Å². The highest BCUT2D eigenvalue weighted by molar-refractivity contribution is 5.91. The molecule has 0 radical (unpaired) electrons. The van der Waals surface area contributed by atoms with Crippen molar-refractivity contribution in [3.63, 3.8) is 0 Å². The van der Waals surface area contributed by atoms with Crippen LogP contribution in [-0.4, -0.2) is 55.6 Å². The Morgan fingerprint density at radius 3 is 2.35 bits per heavy atom. The molecule has 20 heavy (non-hydrogen) atoms. The minimum absolute atomic E-state index is 0.0925. The first kappa shape index (κ1) is 13.4. The third-order valence-electron chi connectivity index (χ3n) is 4.85. The van der Waals surface area contributed by atoms with Gasteiger partial charge in [0.15, 0.2) is 0 Å². The van der Waals surface area contributed by atoms with Crippen LogP contribution in [0.1, 0.15) is 12.8 Å². The molecule has 2 bridgehead atoms. The minimum Gasteiger partial charge on any atom is -0.323 e. The van der Waals surface area contributed by atoms with Crippen molar-refractivity contribution in [2.45, 2.75) is 18.9 Å². The van der Waals surface area contributed by atoms with Gasteiger partial charge in [-0.1, -0.05) is 18.2 Å². The minimum atomic E-state index is 0.0925. The Morgan fingerprint density at radius 2 is 1.80 bits per heavy atom. The molecule has 1 aromatic rings. The van der Waals surface area contributed by atoms with Crippen molar-refractivity contribution in [1.82, 2.24) is 9.80 Å². The van der Waals surface area contributed by atoms with Crippen molar-refractivity contribution in [3.05, 3.63) is 30.3 Å². The molecule has 0 spiro atoms. The molecule has 0 unspecified atom stereocenters. The molecule has 2 amide bonds. The molecule has 0 N–H and O–H groups in total. The number of carbonyl (C=O) groups is 1. The van der Waals surface area contributed by atoms with E-state index in [1.165, 1.54) is 25.9 Å². The fourth-order valence-corrected chi connectivity index (χ4v) is 3.51. The quantitative estimate of drug-likeness (QED) is 0.826. The number of amides is 2. The molecule has 4 rings (SSSR count). The summed E-state index contributed by atoms with van der Waals surface area (Å²) in [6.07, 6.45) is 2.47. The number of rotatable bonds is 2. The first-order valence-corrected chi connectivity index (χ1v) is 7.45. The Labute approximate surface area is 121 Å². The zero-order valence-electron chi connectivity index (χ0n) is 12.3. The molecule has 4 heteroatoms. The van der Waals surface area contributed by atoms with Crippen LogP contribution in [0.4, 0.5) is 10.5 Å². The molecule has 108 valence electrons. The van der Waals surface area contributed by atoms with E-state index in [1.54, 1.807) is 4.90 Å². The third kappa shape index (κ3) is 2.40. The summed E-state index contributed by atoms with van der Waals surface area (Å²) in [6, 6.07) is 10.3. The molecule has 3 saturated heterocycles. The van der Waals surface area contributed by atoms with Crippen molar-refractivity contribution in [2.24, 2.45) is 5.92 Å². The molecule has 0 aliphatic carbocycles. The van der Waals surface area contributed by atoms with Gasteiger partial charge in [-0.2, -0.15) is 0 Å². The summed E-state index contributed by atoms with van der Waals surface area (Å²) in [7, 11) is 3.81. The van der Waals surface area contributed by atoms with E-state index in [-0.39, 0.29) is 6.03 Å². The fourth-order valence-electron chi connectivity index (χ4n) is 3.51. The van der Waals surface area contributed by atoms with Crippen molar-refractivity contribution >= 4 is 11.7 Å². The summed E-state index contributed by atoms with van der Waals surface area (Å²) in [5, 5.41) is 0. The zero-order valence-corrected chi connectivity index (χ0v) is 12.3. The van der Waals surface area contributed by atoms with E-state index in [0.29, 0.717) is 12.0 Å². The van der Waals surface area contributed by atoms with Gasteiger partial charge >= 0.3 is 6.03 Å². The third-order valence-corrected chi connectivity index (χ3v) is 4.85. The van der Waals surface area contributed by atoms with Gasteiger partial charge in [0.05, 0.1) is 0 Å². The molecule has 0 aromatic heterocycles. The number of urea groups is 1. The van der Waals surface area contributed by atoms with E-state index in [2.05, 4.69) is 4.90 Å². The summed E-state index contributed by atoms with van der Waals surface area (Å²) in [4.78, 5) is 18.8. The summed E-state index contributed by atoms with van der Waals surface area (Å²) in [6.45, 7) is 3.45. The van der Waals surface area contributed by atoms with E-state index in [1.807, 2.05) is 49.3 Å². The van der Waals surface area contributed by atoms with Crippen molar-refractivity contribution in [2.75, 3.05) is 38.6 Å². The van der Waals surface area contributed by atoms with E-state index >= 15 is 0 Å². The Morgan fingerprint density at radius 1 is 1.15 bits per heavy atom. The van der Waals surface area contributed by atoms with E-state index in [4.69, 9.17) is 0 Å². The first-order chi connectivity index (χ1) is 9.66. The van der Waals surface area contributed by atoms with Crippen molar-refractivity contribution < 1.29 is 4.79 Å². The fraction of sp³-hybridized carbons (Fsp3) is 0.562. The van der Waals surface area contributed by atoms with Gasteiger partial charge in [0, 0.05) is 32.4 Å². The monoisotopic (exact) mass is 273 g/mol. The van der Waals surface area contributed by atoms with E-state index < -0.39 is 0 Å². The van der Waals surface area contributed by atoms with Gasteiger partial charge in [-0.25, -0.2) is 4.79 Å². The molecular formula is C16H23N3O. The Kier molecular flexibility index (Phi) is 3.66. The molecule has 3 aliphatic heterocycles. The SMILES string of the molecule is CN(C(=O)N(C)[C@H]1CN2CCC1CC2)c1ccccc1. The van der Waals surface area contributed by atoms with Crippen LogP contribution in [0.25, 0.3) is 0 Å². The highest BCUT2D eigenvalue weighted by atomic mass is 16.2. The van der Waals surface area contributed by atoms with Crippen LogP contribution in [0.3, 0.4) is 0 Å². The number of hydrogen-bond donors (Lipinski definition) is 0. The average molecular weight is 273 g/mol. The number of hydrogen-bond acceptors (Lipinski definition) is 2. The van der Waals surface area contributed by atoms with Gasteiger partial charge in [-0.15, -0.1) is 0 Å². The normalized spacial score (nSPS) is 28.2. The molecule has 3 fully saturated rings.